The molecule has 2 unspecified atom stereocenters. The van der Waals surface area contributed by atoms with Crippen molar-refractivity contribution in [1.82, 2.24) is 0 Å². The van der Waals surface area contributed by atoms with Gasteiger partial charge in [0.05, 0.1) is 11.1 Å². The molecule has 1 aromatic heterocycles. The first-order chi connectivity index (χ1) is 11.3. The van der Waals surface area contributed by atoms with E-state index < -0.39 is 5.63 Å². The second-order valence-corrected chi connectivity index (χ2v) is 7.13. The zero-order valence-electron chi connectivity index (χ0n) is 14.9. The molecule has 0 bridgehead atoms. The van der Waals surface area contributed by atoms with E-state index in [9.17, 15) is 10.1 Å². The summed E-state index contributed by atoms with van der Waals surface area (Å²) < 4.78 is 10.7. The highest BCUT2D eigenvalue weighted by Gasteiger charge is 2.33. The molecule has 0 radical (unpaired) electrons. The molecule has 2 heterocycles. The van der Waals surface area contributed by atoms with Crippen molar-refractivity contribution in [3.8, 4) is 11.8 Å². The van der Waals surface area contributed by atoms with E-state index in [4.69, 9.17) is 14.9 Å². The molecule has 2 N–H and O–H groups in total. The van der Waals surface area contributed by atoms with E-state index in [1.807, 2.05) is 0 Å². The summed E-state index contributed by atoms with van der Waals surface area (Å²) in [6.07, 6.45) is 4.06. The van der Waals surface area contributed by atoms with E-state index in [0.717, 1.165) is 12.8 Å². The van der Waals surface area contributed by atoms with Crippen LogP contribution in [0, 0.1) is 30.1 Å². The molecule has 24 heavy (non-hydrogen) atoms. The van der Waals surface area contributed by atoms with Crippen LogP contribution in [0.25, 0.3) is 0 Å². The second kappa shape index (κ2) is 7.57. The molecule has 0 aromatic carbocycles. The highest BCUT2D eigenvalue weighted by atomic mass is 16.5. The lowest BCUT2D eigenvalue weighted by atomic mass is 9.82. The highest BCUT2D eigenvalue weighted by molar-refractivity contribution is 5.48. The molecule has 1 aromatic rings. The summed E-state index contributed by atoms with van der Waals surface area (Å²) in [6.45, 7) is 8.26. The molecule has 0 saturated heterocycles. The van der Waals surface area contributed by atoms with Crippen LogP contribution < -0.4 is 16.1 Å². The van der Waals surface area contributed by atoms with Gasteiger partial charge in [-0.1, -0.05) is 40.0 Å². The normalized spacial score (nSPS) is 18.1. The zero-order chi connectivity index (χ0) is 17.9. The molecule has 0 spiro atoms. The van der Waals surface area contributed by atoms with Crippen LogP contribution in [0.3, 0.4) is 0 Å². The smallest absolute Gasteiger partial charge is 0.343 e. The number of hydrogen-bond acceptors (Lipinski definition) is 5. The first-order valence-electron chi connectivity index (χ1n) is 8.55. The minimum atomic E-state index is -0.440. The SMILES string of the molecule is Cc1cc2c(c(=O)o1)C(CC(C)CCCC(C)C)C(C#N)=C(N)O2. The average Bonchev–Trinajstić information content (AvgIpc) is 2.45. The maximum atomic E-state index is 12.3. The molecule has 0 amide bonds. The summed E-state index contributed by atoms with van der Waals surface area (Å²) in [4.78, 5) is 12.3. The van der Waals surface area contributed by atoms with Gasteiger partial charge in [0.25, 0.3) is 0 Å². The third kappa shape index (κ3) is 4.00. The van der Waals surface area contributed by atoms with E-state index in [1.165, 1.54) is 6.42 Å². The van der Waals surface area contributed by atoms with Gasteiger partial charge in [0.15, 0.2) is 0 Å². The van der Waals surface area contributed by atoms with Gasteiger partial charge in [0.2, 0.25) is 5.88 Å². The Morgan fingerprint density at radius 3 is 2.67 bits per heavy atom. The van der Waals surface area contributed by atoms with E-state index in [0.29, 0.717) is 40.9 Å². The predicted octanol–water partition coefficient (Wildman–Crippen LogP) is 3.97. The van der Waals surface area contributed by atoms with Gasteiger partial charge in [-0.15, -0.1) is 0 Å². The Bertz CT molecular complexity index is 725. The molecule has 5 nitrogen and oxygen atoms in total. The van der Waals surface area contributed by atoms with E-state index >= 15 is 0 Å². The van der Waals surface area contributed by atoms with Crippen molar-refractivity contribution >= 4 is 0 Å². The molecule has 2 rings (SSSR count). The van der Waals surface area contributed by atoms with Gasteiger partial charge >= 0.3 is 5.63 Å². The second-order valence-electron chi connectivity index (χ2n) is 7.13. The van der Waals surface area contributed by atoms with E-state index in [2.05, 4.69) is 26.8 Å². The van der Waals surface area contributed by atoms with Crippen LogP contribution >= 0.6 is 0 Å². The van der Waals surface area contributed by atoms with Gasteiger partial charge in [-0.2, -0.15) is 5.26 Å². The van der Waals surface area contributed by atoms with Crippen molar-refractivity contribution in [2.45, 2.75) is 59.3 Å². The molecule has 130 valence electrons. The minimum Gasteiger partial charge on any atom is -0.440 e. The van der Waals surface area contributed by atoms with Gasteiger partial charge in [-0.25, -0.2) is 4.79 Å². The van der Waals surface area contributed by atoms with Gasteiger partial charge < -0.3 is 14.9 Å². The maximum absolute atomic E-state index is 12.3. The number of nitrogens with two attached hydrogens (primary N) is 1. The summed E-state index contributed by atoms with van der Waals surface area (Å²) >= 11 is 0. The summed E-state index contributed by atoms with van der Waals surface area (Å²) in [5, 5.41) is 9.46. The van der Waals surface area contributed by atoms with Crippen molar-refractivity contribution in [1.29, 1.82) is 5.26 Å². The van der Waals surface area contributed by atoms with Gasteiger partial charge in [-0.05, 0) is 25.2 Å². The van der Waals surface area contributed by atoms with Crippen LogP contribution in [-0.4, -0.2) is 0 Å². The summed E-state index contributed by atoms with van der Waals surface area (Å²) in [6, 6.07) is 3.78. The third-order valence-corrected chi connectivity index (χ3v) is 4.49. The van der Waals surface area contributed by atoms with Gasteiger partial charge in [0, 0.05) is 12.0 Å². The van der Waals surface area contributed by atoms with Gasteiger partial charge in [0.1, 0.15) is 17.6 Å². The molecule has 1 aliphatic heterocycles. The van der Waals surface area contributed by atoms with Gasteiger partial charge in [-0.3, -0.25) is 0 Å². The van der Waals surface area contributed by atoms with Crippen molar-refractivity contribution in [2.24, 2.45) is 17.6 Å². The Balaban J connectivity index is 2.27. The molecule has 0 saturated carbocycles. The lowest BCUT2D eigenvalue weighted by molar-refractivity contribution is 0.345. The summed E-state index contributed by atoms with van der Waals surface area (Å²) in [5.41, 5.74) is 6.22. The van der Waals surface area contributed by atoms with Crippen molar-refractivity contribution in [2.75, 3.05) is 0 Å². The van der Waals surface area contributed by atoms with E-state index in [1.54, 1.807) is 13.0 Å². The first-order valence-corrected chi connectivity index (χ1v) is 8.55. The predicted molar refractivity (Wildman–Crippen MR) is 92.4 cm³/mol. The Morgan fingerprint density at radius 2 is 2.04 bits per heavy atom. The van der Waals surface area contributed by atoms with Crippen LogP contribution in [0.2, 0.25) is 0 Å². The summed E-state index contributed by atoms with van der Waals surface area (Å²) in [5.74, 6) is 1.67. The van der Waals surface area contributed by atoms with Crippen LogP contribution in [0.15, 0.2) is 26.7 Å². The lowest BCUT2D eigenvalue weighted by Gasteiger charge is -2.27. The Labute approximate surface area is 143 Å². The molecule has 1 aliphatic rings. The lowest BCUT2D eigenvalue weighted by Crippen LogP contribution is -2.26. The third-order valence-electron chi connectivity index (χ3n) is 4.49. The van der Waals surface area contributed by atoms with Crippen molar-refractivity contribution in [3.63, 3.8) is 0 Å². The molecule has 2 atom stereocenters. The van der Waals surface area contributed by atoms with E-state index in [-0.39, 0.29) is 11.8 Å². The van der Waals surface area contributed by atoms with Crippen molar-refractivity contribution in [3.05, 3.63) is 39.3 Å². The molecular formula is C19H26N2O3. The highest BCUT2D eigenvalue weighted by Crippen LogP contribution is 2.40. The standard InChI is InChI=1S/C19H26N2O3/c1-11(2)6-5-7-12(3)8-14-15(10-20)18(21)24-16-9-13(4)23-19(22)17(14)16/h9,11-12,14H,5-8,21H2,1-4H3. The fourth-order valence-electron chi connectivity index (χ4n) is 3.25. The largest absolute Gasteiger partial charge is 0.440 e. The first kappa shape index (κ1) is 18.1. The average molecular weight is 330 g/mol. The molecule has 5 heteroatoms. The topological polar surface area (TPSA) is 89.2 Å². The fourth-order valence-corrected chi connectivity index (χ4v) is 3.25. The zero-order valence-corrected chi connectivity index (χ0v) is 14.9. The number of rotatable bonds is 6. The van der Waals surface area contributed by atoms with Crippen LogP contribution in [0.1, 0.15) is 63.7 Å². The van der Waals surface area contributed by atoms with Crippen LogP contribution in [0.5, 0.6) is 5.75 Å². The number of nitriles is 1. The van der Waals surface area contributed by atoms with Crippen molar-refractivity contribution < 1.29 is 9.15 Å². The quantitative estimate of drug-likeness (QED) is 0.852. The Hall–Kier alpha value is -2.22. The Morgan fingerprint density at radius 1 is 1.33 bits per heavy atom. The summed E-state index contributed by atoms with van der Waals surface area (Å²) in [7, 11) is 0. The maximum Gasteiger partial charge on any atom is 0.343 e. The number of aryl methyl sites for hydroxylation is 1. The van der Waals surface area contributed by atoms with Crippen LogP contribution in [0.4, 0.5) is 0 Å². The minimum absolute atomic E-state index is 0.0920. The molecule has 0 aliphatic carbocycles. The number of fused-ring (bicyclic) bond motifs is 1. The number of nitrogens with zero attached hydrogens (tertiary/aromatic N) is 1. The molecular weight excluding hydrogens is 304 g/mol. The Kier molecular flexibility index (Phi) is 5.71. The fraction of sp³-hybridized carbons (Fsp3) is 0.579. The number of ether oxygens (including phenoxy) is 1. The number of allylic oxidation sites excluding steroid dienone is 1. The van der Waals surface area contributed by atoms with Crippen LogP contribution in [-0.2, 0) is 0 Å². The number of hydrogen-bond donors (Lipinski definition) is 1. The monoisotopic (exact) mass is 330 g/mol. The molecule has 0 fully saturated rings.